The van der Waals surface area contributed by atoms with Gasteiger partial charge >= 0.3 is 0 Å². The third-order valence-corrected chi connectivity index (χ3v) is 4.36. The molecule has 0 unspecified atom stereocenters. The third kappa shape index (κ3) is 3.78. The van der Waals surface area contributed by atoms with E-state index in [2.05, 4.69) is 30.7 Å². The second kappa shape index (κ2) is 6.92. The van der Waals surface area contributed by atoms with Gasteiger partial charge in [-0.05, 0) is 35.7 Å². The maximum atomic E-state index is 12.3. The van der Waals surface area contributed by atoms with E-state index in [0.717, 1.165) is 33.4 Å². The summed E-state index contributed by atoms with van der Waals surface area (Å²) in [4.78, 5) is 16.5. The third-order valence-electron chi connectivity index (χ3n) is 4.36. The molecular formula is C21H22N6O. The molecule has 2 heterocycles. The first kappa shape index (κ1) is 17.9. The normalized spacial score (nSPS) is 11.7. The molecule has 0 saturated heterocycles. The quantitative estimate of drug-likeness (QED) is 0.493. The summed E-state index contributed by atoms with van der Waals surface area (Å²) < 4.78 is 0. The van der Waals surface area contributed by atoms with Gasteiger partial charge in [-0.1, -0.05) is 32.9 Å². The molecule has 2 aromatic carbocycles. The minimum Gasteiger partial charge on any atom is -0.326 e. The Morgan fingerprint density at radius 3 is 2.68 bits per heavy atom. The smallest absolute Gasteiger partial charge is 0.224 e. The Morgan fingerprint density at radius 1 is 1.07 bits per heavy atom. The van der Waals surface area contributed by atoms with Gasteiger partial charge in [-0.2, -0.15) is 10.2 Å². The van der Waals surface area contributed by atoms with Crippen LogP contribution in [0.5, 0.6) is 0 Å². The maximum Gasteiger partial charge on any atom is 0.224 e. The molecule has 0 aliphatic carbocycles. The molecule has 0 fully saturated rings. The zero-order valence-electron chi connectivity index (χ0n) is 16.1. The number of anilines is 1. The number of carbonyl (C=O) groups is 1. The van der Waals surface area contributed by atoms with Crippen LogP contribution in [0.25, 0.3) is 33.5 Å². The number of aromatic amines is 2. The summed E-state index contributed by atoms with van der Waals surface area (Å²) in [5.41, 5.74) is 4.31. The first-order chi connectivity index (χ1) is 13.4. The van der Waals surface area contributed by atoms with Crippen LogP contribution in [-0.4, -0.2) is 31.3 Å². The minimum atomic E-state index is -0.0583. The van der Waals surface area contributed by atoms with Crippen molar-refractivity contribution in [2.75, 3.05) is 5.32 Å². The number of fused-ring (bicyclic) bond motifs is 1. The van der Waals surface area contributed by atoms with E-state index in [1.54, 1.807) is 0 Å². The van der Waals surface area contributed by atoms with Crippen molar-refractivity contribution in [2.24, 2.45) is 5.41 Å². The number of H-pyrrole nitrogens is 2. The van der Waals surface area contributed by atoms with Crippen molar-refractivity contribution in [1.29, 1.82) is 0 Å². The number of benzene rings is 2. The largest absolute Gasteiger partial charge is 0.326 e. The first-order valence-corrected chi connectivity index (χ1v) is 9.13. The van der Waals surface area contributed by atoms with Gasteiger partial charge in [-0.15, -0.1) is 0 Å². The molecule has 7 nitrogen and oxygen atoms in total. The highest BCUT2D eigenvalue weighted by Gasteiger charge is 2.16. The highest BCUT2D eigenvalue weighted by molar-refractivity contribution is 5.97. The minimum absolute atomic E-state index is 0.00383. The monoisotopic (exact) mass is 374 g/mol. The molecule has 3 N–H and O–H groups in total. The van der Waals surface area contributed by atoms with Gasteiger partial charge in [0.25, 0.3) is 0 Å². The highest BCUT2D eigenvalue weighted by atomic mass is 16.1. The zero-order valence-corrected chi connectivity index (χ0v) is 16.1. The van der Waals surface area contributed by atoms with Gasteiger partial charge < -0.3 is 5.32 Å². The number of nitrogens with zero attached hydrogens (tertiary/aromatic N) is 3. The van der Waals surface area contributed by atoms with E-state index in [4.69, 9.17) is 0 Å². The Morgan fingerprint density at radius 2 is 1.93 bits per heavy atom. The Labute approximate surface area is 162 Å². The van der Waals surface area contributed by atoms with Crippen molar-refractivity contribution in [3.05, 3.63) is 48.8 Å². The van der Waals surface area contributed by atoms with Gasteiger partial charge in [0.2, 0.25) is 5.91 Å². The average molecular weight is 374 g/mol. The standard InChI is InChI=1S/C21H22N6O/c1-21(2,3)11-18(28)24-15-6-4-5-13(9-15)19-16-10-14(20-22-12-23-27-20)7-8-17(16)25-26-19/h4-10,12H,11H2,1-3H3,(H,24,28)(H,25,26)(H,22,23,27). The van der Waals surface area contributed by atoms with Gasteiger partial charge in [0.1, 0.15) is 6.33 Å². The lowest BCUT2D eigenvalue weighted by Gasteiger charge is -2.17. The molecule has 0 saturated carbocycles. The number of carbonyl (C=O) groups excluding carboxylic acids is 1. The lowest BCUT2D eigenvalue weighted by Crippen LogP contribution is -2.19. The Bertz CT molecular complexity index is 1120. The van der Waals surface area contributed by atoms with Crippen molar-refractivity contribution in [2.45, 2.75) is 27.2 Å². The molecule has 0 aliphatic rings. The fourth-order valence-electron chi connectivity index (χ4n) is 3.16. The molecule has 1 amide bonds. The fourth-order valence-corrected chi connectivity index (χ4v) is 3.16. The number of amides is 1. The number of hydrogen-bond acceptors (Lipinski definition) is 4. The molecule has 0 spiro atoms. The van der Waals surface area contributed by atoms with Crippen LogP contribution < -0.4 is 5.32 Å². The van der Waals surface area contributed by atoms with Crippen LogP contribution in [0.4, 0.5) is 5.69 Å². The number of rotatable bonds is 4. The van der Waals surface area contributed by atoms with Crippen LogP contribution in [0.3, 0.4) is 0 Å². The van der Waals surface area contributed by atoms with Crippen LogP contribution in [0.1, 0.15) is 27.2 Å². The molecule has 4 rings (SSSR count). The van der Waals surface area contributed by atoms with E-state index in [1.807, 2.05) is 63.2 Å². The molecule has 0 atom stereocenters. The van der Waals surface area contributed by atoms with Gasteiger partial charge in [0.15, 0.2) is 5.82 Å². The fraction of sp³-hybridized carbons (Fsp3) is 0.238. The molecular weight excluding hydrogens is 352 g/mol. The van der Waals surface area contributed by atoms with Gasteiger partial charge in [-0.3, -0.25) is 15.0 Å². The second-order valence-electron chi connectivity index (χ2n) is 8.03. The SMILES string of the molecule is CC(C)(C)CC(=O)Nc1cccc(-c2n[nH]c3ccc(-c4ncn[nH]4)cc23)c1. The topological polar surface area (TPSA) is 99.3 Å². The summed E-state index contributed by atoms with van der Waals surface area (Å²) in [6.45, 7) is 6.14. The zero-order chi connectivity index (χ0) is 19.7. The Hall–Kier alpha value is -3.48. The summed E-state index contributed by atoms with van der Waals surface area (Å²) in [5.74, 6) is 0.710. The summed E-state index contributed by atoms with van der Waals surface area (Å²) in [5, 5.41) is 18.3. The first-order valence-electron chi connectivity index (χ1n) is 9.13. The molecule has 2 aromatic heterocycles. The highest BCUT2D eigenvalue weighted by Crippen LogP contribution is 2.31. The Balaban J connectivity index is 1.66. The summed E-state index contributed by atoms with van der Waals surface area (Å²) in [6.07, 6.45) is 1.95. The molecule has 28 heavy (non-hydrogen) atoms. The number of aromatic nitrogens is 5. The van der Waals surface area contributed by atoms with E-state index < -0.39 is 0 Å². The van der Waals surface area contributed by atoms with E-state index in [1.165, 1.54) is 6.33 Å². The van der Waals surface area contributed by atoms with Gasteiger partial charge in [-0.25, -0.2) is 4.98 Å². The predicted molar refractivity (Wildman–Crippen MR) is 110 cm³/mol. The van der Waals surface area contributed by atoms with Crippen molar-refractivity contribution in [3.63, 3.8) is 0 Å². The average Bonchev–Trinajstić information content (AvgIpc) is 3.29. The molecule has 0 bridgehead atoms. The van der Waals surface area contributed by atoms with Crippen LogP contribution >= 0.6 is 0 Å². The van der Waals surface area contributed by atoms with Crippen LogP contribution in [-0.2, 0) is 4.79 Å². The van der Waals surface area contributed by atoms with E-state index >= 15 is 0 Å². The Kier molecular flexibility index (Phi) is 4.43. The maximum absolute atomic E-state index is 12.3. The van der Waals surface area contributed by atoms with Crippen molar-refractivity contribution in [3.8, 4) is 22.6 Å². The van der Waals surface area contributed by atoms with Gasteiger partial charge in [0.05, 0.1) is 11.2 Å². The van der Waals surface area contributed by atoms with Crippen LogP contribution in [0.2, 0.25) is 0 Å². The molecule has 7 heteroatoms. The summed E-state index contributed by atoms with van der Waals surface area (Å²) in [6, 6.07) is 13.7. The van der Waals surface area contributed by atoms with Crippen molar-refractivity contribution in [1.82, 2.24) is 25.4 Å². The molecule has 0 radical (unpaired) electrons. The van der Waals surface area contributed by atoms with Gasteiger partial charge in [0, 0.05) is 28.6 Å². The summed E-state index contributed by atoms with van der Waals surface area (Å²) >= 11 is 0. The lowest BCUT2D eigenvalue weighted by molar-refractivity contribution is -0.117. The number of nitrogens with one attached hydrogen (secondary N) is 3. The number of hydrogen-bond donors (Lipinski definition) is 3. The molecule has 0 aliphatic heterocycles. The van der Waals surface area contributed by atoms with E-state index in [-0.39, 0.29) is 11.3 Å². The van der Waals surface area contributed by atoms with Crippen molar-refractivity contribution >= 4 is 22.5 Å². The molecule has 142 valence electrons. The van der Waals surface area contributed by atoms with Crippen molar-refractivity contribution < 1.29 is 4.79 Å². The van der Waals surface area contributed by atoms with Crippen LogP contribution in [0.15, 0.2) is 48.8 Å². The predicted octanol–water partition coefficient (Wildman–Crippen LogP) is 4.39. The molecule has 4 aromatic rings. The van der Waals surface area contributed by atoms with E-state index in [9.17, 15) is 4.79 Å². The van der Waals surface area contributed by atoms with Crippen LogP contribution in [0, 0.1) is 5.41 Å². The summed E-state index contributed by atoms with van der Waals surface area (Å²) in [7, 11) is 0. The lowest BCUT2D eigenvalue weighted by atomic mass is 9.92. The van der Waals surface area contributed by atoms with E-state index in [0.29, 0.717) is 12.2 Å². The second-order valence-corrected chi connectivity index (χ2v) is 8.03.